The number of methoxy groups -OCH3 is 2. The summed E-state index contributed by atoms with van der Waals surface area (Å²) < 4.78 is 38.9. The Morgan fingerprint density at radius 3 is 2.30 bits per heavy atom. The quantitative estimate of drug-likeness (QED) is 0.517. The van der Waals surface area contributed by atoms with Crippen molar-refractivity contribution in [3.63, 3.8) is 0 Å². The van der Waals surface area contributed by atoms with Crippen LogP contribution in [0.15, 0.2) is 65.8 Å². The van der Waals surface area contributed by atoms with Gasteiger partial charge in [0.05, 0.1) is 24.8 Å². The van der Waals surface area contributed by atoms with Crippen molar-refractivity contribution in [1.82, 2.24) is 10.3 Å². The number of aryl methyl sites for hydroxylation is 2. The van der Waals surface area contributed by atoms with Crippen LogP contribution in [0.3, 0.4) is 0 Å². The largest absolute Gasteiger partial charge is 0.493 e. The normalized spacial score (nSPS) is 11.0. The molecule has 0 unspecified atom stereocenters. The molecule has 1 N–H and O–H groups in total. The summed E-state index contributed by atoms with van der Waals surface area (Å²) >= 11 is 0. The maximum absolute atomic E-state index is 13.7. The minimum Gasteiger partial charge on any atom is -0.493 e. The van der Waals surface area contributed by atoms with Crippen molar-refractivity contribution < 1.29 is 22.7 Å². The first-order chi connectivity index (χ1) is 15.7. The lowest BCUT2D eigenvalue weighted by molar-refractivity contribution is -0.119. The maximum Gasteiger partial charge on any atom is 0.264 e. The molecule has 1 amide bonds. The first kappa shape index (κ1) is 24.1. The van der Waals surface area contributed by atoms with E-state index in [-0.39, 0.29) is 23.7 Å². The number of sulfonamides is 1. The Labute approximate surface area is 194 Å². The summed E-state index contributed by atoms with van der Waals surface area (Å²) in [5, 5.41) is 2.76. The van der Waals surface area contributed by atoms with Crippen LogP contribution in [-0.2, 0) is 21.4 Å². The third-order valence-corrected chi connectivity index (χ3v) is 6.71. The average molecular weight is 470 g/mol. The Hall–Kier alpha value is -3.59. The number of carbonyl (C=O) groups excluding carboxylic acids is 1. The zero-order valence-electron chi connectivity index (χ0n) is 19.0. The molecule has 174 valence electrons. The van der Waals surface area contributed by atoms with Crippen molar-refractivity contribution in [2.45, 2.75) is 25.3 Å². The molecule has 3 aromatic rings. The molecule has 0 atom stereocenters. The van der Waals surface area contributed by atoms with Crippen LogP contribution in [0.5, 0.6) is 11.5 Å². The molecule has 0 aliphatic carbocycles. The van der Waals surface area contributed by atoms with E-state index in [2.05, 4.69) is 10.3 Å². The molecule has 9 heteroatoms. The van der Waals surface area contributed by atoms with Gasteiger partial charge in [-0.1, -0.05) is 12.1 Å². The summed E-state index contributed by atoms with van der Waals surface area (Å²) in [6.45, 7) is 3.60. The van der Waals surface area contributed by atoms with Gasteiger partial charge >= 0.3 is 0 Å². The van der Waals surface area contributed by atoms with Crippen LogP contribution in [0.2, 0.25) is 0 Å². The van der Waals surface area contributed by atoms with Gasteiger partial charge in [0.25, 0.3) is 10.0 Å². The molecule has 0 saturated carbocycles. The second-order valence-electron chi connectivity index (χ2n) is 7.51. The topological polar surface area (TPSA) is 97.8 Å². The van der Waals surface area contributed by atoms with E-state index in [1.54, 1.807) is 30.6 Å². The molecule has 2 aromatic carbocycles. The fraction of sp³-hybridized carbons (Fsp3) is 0.250. The SMILES string of the molecule is COc1ccc(S(=O)(=O)N(CC(=O)NCc2cccnc2)c2cc(C)cc(C)c2)cc1OC. The number of ether oxygens (including phenoxy) is 2. The standard InChI is InChI=1S/C24H27N3O5S/c1-17-10-18(2)12-20(11-17)27(16-24(28)26-15-19-6-5-9-25-14-19)33(29,30)21-7-8-22(31-3)23(13-21)32-4/h5-14H,15-16H2,1-4H3,(H,26,28). The number of pyridine rings is 1. The zero-order chi connectivity index (χ0) is 24.0. The monoisotopic (exact) mass is 469 g/mol. The Morgan fingerprint density at radius 1 is 1.00 bits per heavy atom. The summed E-state index contributed by atoms with van der Waals surface area (Å²) in [5.74, 6) is 0.241. The second kappa shape index (κ2) is 10.4. The molecule has 0 aliphatic rings. The average Bonchev–Trinajstić information content (AvgIpc) is 2.80. The molecule has 0 bridgehead atoms. The van der Waals surface area contributed by atoms with Gasteiger partial charge in [-0.05, 0) is 60.9 Å². The van der Waals surface area contributed by atoms with Gasteiger partial charge in [0, 0.05) is 25.0 Å². The Bertz CT molecular complexity index is 1210. The van der Waals surface area contributed by atoms with Gasteiger partial charge < -0.3 is 14.8 Å². The Balaban J connectivity index is 1.96. The van der Waals surface area contributed by atoms with E-state index < -0.39 is 15.9 Å². The molecule has 0 aliphatic heterocycles. The number of anilines is 1. The number of nitrogens with zero attached hydrogens (tertiary/aromatic N) is 2. The van der Waals surface area contributed by atoms with Crippen molar-refractivity contribution in [1.29, 1.82) is 0 Å². The summed E-state index contributed by atoms with van der Waals surface area (Å²) in [4.78, 5) is 16.8. The lowest BCUT2D eigenvalue weighted by Gasteiger charge is -2.25. The van der Waals surface area contributed by atoms with Crippen LogP contribution in [-0.4, -0.2) is 40.1 Å². The first-order valence-corrected chi connectivity index (χ1v) is 11.7. The molecule has 0 radical (unpaired) electrons. The van der Waals surface area contributed by atoms with Gasteiger partial charge in [-0.15, -0.1) is 0 Å². The highest BCUT2D eigenvalue weighted by Crippen LogP contribution is 2.32. The van der Waals surface area contributed by atoms with E-state index in [0.29, 0.717) is 11.4 Å². The van der Waals surface area contributed by atoms with E-state index in [0.717, 1.165) is 21.0 Å². The molecular formula is C24H27N3O5S. The zero-order valence-corrected chi connectivity index (χ0v) is 19.8. The van der Waals surface area contributed by atoms with Gasteiger partial charge in [0.2, 0.25) is 5.91 Å². The van der Waals surface area contributed by atoms with Crippen LogP contribution < -0.4 is 19.1 Å². The number of carbonyl (C=O) groups is 1. The van der Waals surface area contributed by atoms with Crippen molar-refractivity contribution in [3.05, 3.63) is 77.6 Å². The predicted octanol–water partition coefficient (Wildman–Crippen LogP) is 3.23. The second-order valence-corrected chi connectivity index (χ2v) is 9.37. The van der Waals surface area contributed by atoms with E-state index in [1.165, 1.54) is 32.4 Å². The van der Waals surface area contributed by atoms with Crippen LogP contribution >= 0.6 is 0 Å². The molecule has 0 spiro atoms. The molecule has 8 nitrogen and oxygen atoms in total. The molecule has 0 saturated heterocycles. The third-order valence-electron chi connectivity index (χ3n) is 4.94. The molecular weight excluding hydrogens is 442 g/mol. The van der Waals surface area contributed by atoms with Crippen LogP contribution in [0.25, 0.3) is 0 Å². The number of aromatic nitrogens is 1. The van der Waals surface area contributed by atoms with Crippen molar-refractivity contribution >= 4 is 21.6 Å². The lowest BCUT2D eigenvalue weighted by atomic mass is 10.1. The lowest BCUT2D eigenvalue weighted by Crippen LogP contribution is -2.40. The van der Waals surface area contributed by atoms with Crippen molar-refractivity contribution in [3.8, 4) is 11.5 Å². The molecule has 3 rings (SSSR count). The predicted molar refractivity (Wildman–Crippen MR) is 126 cm³/mol. The van der Waals surface area contributed by atoms with Crippen LogP contribution in [0.1, 0.15) is 16.7 Å². The van der Waals surface area contributed by atoms with Gasteiger partial charge in [-0.2, -0.15) is 0 Å². The molecule has 0 fully saturated rings. The van der Waals surface area contributed by atoms with Gasteiger partial charge in [0.1, 0.15) is 6.54 Å². The van der Waals surface area contributed by atoms with Gasteiger partial charge in [-0.3, -0.25) is 14.1 Å². The van der Waals surface area contributed by atoms with E-state index in [9.17, 15) is 13.2 Å². The highest BCUT2D eigenvalue weighted by molar-refractivity contribution is 7.92. The fourth-order valence-corrected chi connectivity index (χ4v) is 4.82. The third kappa shape index (κ3) is 5.81. The molecule has 1 heterocycles. The van der Waals surface area contributed by atoms with Crippen molar-refractivity contribution in [2.75, 3.05) is 25.1 Å². The number of nitrogens with one attached hydrogen (secondary N) is 1. The molecule has 1 aromatic heterocycles. The Kier molecular flexibility index (Phi) is 7.55. The summed E-state index contributed by atoms with van der Waals surface area (Å²) in [5.41, 5.74) is 2.98. The fourth-order valence-electron chi connectivity index (χ4n) is 3.40. The summed E-state index contributed by atoms with van der Waals surface area (Å²) in [6.07, 6.45) is 3.28. The highest BCUT2D eigenvalue weighted by Gasteiger charge is 2.28. The number of amides is 1. The highest BCUT2D eigenvalue weighted by atomic mass is 32.2. The summed E-state index contributed by atoms with van der Waals surface area (Å²) in [7, 11) is -1.19. The first-order valence-electron chi connectivity index (χ1n) is 10.2. The maximum atomic E-state index is 13.7. The number of rotatable bonds is 9. The minimum atomic E-state index is -4.10. The van der Waals surface area contributed by atoms with E-state index in [1.807, 2.05) is 26.0 Å². The number of hydrogen-bond acceptors (Lipinski definition) is 6. The van der Waals surface area contributed by atoms with Crippen LogP contribution in [0, 0.1) is 13.8 Å². The van der Waals surface area contributed by atoms with Gasteiger partial charge in [-0.25, -0.2) is 8.42 Å². The van der Waals surface area contributed by atoms with Crippen molar-refractivity contribution in [2.24, 2.45) is 0 Å². The Morgan fingerprint density at radius 2 is 1.70 bits per heavy atom. The van der Waals surface area contributed by atoms with Crippen LogP contribution in [0.4, 0.5) is 5.69 Å². The smallest absolute Gasteiger partial charge is 0.264 e. The van der Waals surface area contributed by atoms with E-state index in [4.69, 9.17) is 9.47 Å². The minimum absolute atomic E-state index is 0.0145. The number of hydrogen-bond donors (Lipinski definition) is 1. The van der Waals surface area contributed by atoms with Gasteiger partial charge in [0.15, 0.2) is 11.5 Å². The number of benzene rings is 2. The summed E-state index contributed by atoms with van der Waals surface area (Å²) in [6, 6.07) is 13.3. The van der Waals surface area contributed by atoms with E-state index >= 15 is 0 Å². The molecule has 33 heavy (non-hydrogen) atoms.